The van der Waals surface area contributed by atoms with Crippen LogP contribution in [-0.2, 0) is 13.0 Å². The lowest BCUT2D eigenvalue weighted by Crippen LogP contribution is -2.04. The Balaban J connectivity index is 1.32. The number of aromatic amines is 1. The highest BCUT2D eigenvalue weighted by Gasteiger charge is 2.25. The van der Waals surface area contributed by atoms with Crippen LogP contribution in [0.15, 0.2) is 79.0 Å². The maximum absolute atomic E-state index is 6.41. The maximum atomic E-state index is 6.41. The Hall–Kier alpha value is -3.79. The van der Waals surface area contributed by atoms with E-state index in [1.165, 1.54) is 27.6 Å². The summed E-state index contributed by atoms with van der Waals surface area (Å²) >= 11 is 0. The number of nitrogens with two attached hydrogens (primary N) is 1. The predicted octanol–water partition coefficient (Wildman–Crippen LogP) is 5.99. The zero-order chi connectivity index (χ0) is 20.8. The molecule has 152 valence electrons. The number of H-pyrrole nitrogens is 1. The first-order valence-corrected chi connectivity index (χ1v) is 10.8. The molecule has 0 bridgehead atoms. The molecule has 0 amide bonds. The first-order valence-electron chi connectivity index (χ1n) is 10.8. The summed E-state index contributed by atoms with van der Waals surface area (Å²) in [5.74, 6) is 0.977. The number of rotatable bonds is 4. The van der Waals surface area contributed by atoms with Gasteiger partial charge in [0.1, 0.15) is 5.82 Å². The third-order valence-corrected chi connectivity index (χ3v) is 6.55. The van der Waals surface area contributed by atoms with Gasteiger partial charge in [0.15, 0.2) is 0 Å². The predicted molar refractivity (Wildman–Crippen MR) is 128 cm³/mol. The minimum absolute atomic E-state index is 0.330. The number of nitrogens with one attached hydrogen (secondary N) is 2. The third kappa shape index (κ3) is 3.12. The Kier molecular flexibility index (Phi) is 4.17. The number of anilines is 2. The molecule has 1 aliphatic rings. The van der Waals surface area contributed by atoms with Crippen LogP contribution >= 0.6 is 0 Å². The SMILES string of the molecule is Nc1nc2ccc(NCc3cccc4[nH]ccc34)cc2cc1[C@@H]1CCc2ccccc21. The molecule has 0 fully saturated rings. The Morgan fingerprint density at radius 1 is 0.968 bits per heavy atom. The van der Waals surface area contributed by atoms with Crippen molar-refractivity contribution in [1.29, 1.82) is 0 Å². The second-order valence-corrected chi connectivity index (χ2v) is 8.37. The average molecular weight is 405 g/mol. The first-order chi connectivity index (χ1) is 15.3. The molecular formula is C27H24N4. The number of pyridine rings is 1. The van der Waals surface area contributed by atoms with Crippen LogP contribution in [0.1, 0.15) is 34.6 Å². The number of hydrogen-bond acceptors (Lipinski definition) is 3. The van der Waals surface area contributed by atoms with E-state index in [4.69, 9.17) is 10.7 Å². The summed E-state index contributed by atoms with van der Waals surface area (Å²) in [6.45, 7) is 0.770. The van der Waals surface area contributed by atoms with Crippen LogP contribution in [0.4, 0.5) is 11.5 Å². The standard InChI is InChI=1S/C27H24N4/c28-27-24(23-10-8-17-4-1-2-6-21(17)23)15-19-14-20(9-11-25(19)31-27)30-16-18-5-3-7-26-22(18)12-13-29-26/h1-7,9,11-15,23,29-30H,8,10,16H2,(H2,28,31)/t23-/m1/s1. The van der Waals surface area contributed by atoms with E-state index < -0.39 is 0 Å². The second kappa shape index (κ2) is 7.17. The Labute approximate surface area is 181 Å². The topological polar surface area (TPSA) is 66.7 Å². The maximum Gasteiger partial charge on any atom is 0.127 e. The van der Waals surface area contributed by atoms with Crippen molar-refractivity contribution in [3.63, 3.8) is 0 Å². The summed E-state index contributed by atoms with van der Waals surface area (Å²) in [5, 5.41) is 5.96. The molecule has 0 saturated heterocycles. The highest BCUT2D eigenvalue weighted by Crippen LogP contribution is 2.40. The second-order valence-electron chi connectivity index (χ2n) is 8.37. The summed E-state index contributed by atoms with van der Waals surface area (Å²) in [6, 6.07) is 25.8. The van der Waals surface area contributed by atoms with Crippen LogP contribution in [0.3, 0.4) is 0 Å². The number of benzene rings is 3. The van der Waals surface area contributed by atoms with E-state index in [-0.39, 0.29) is 0 Å². The average Bonchev–Trinajstić information content (AvgIpc) is 3.44. The van der Waals surface area contributed by atoms with Crippen LogP contribution in [0, 0.1) is 0 Å². The lowest BCUT2D eigenvalue weighted by atomic mass is 9.92. The van der Waals surface area contributed by atoms with Crippen molar-refractivity contribution in [2.24, 2.45) is 0 Å². The molecule has 4 heteroatoms. The minimum Gasteiger partial charge on any atom is -0.383 e. The van der Waals surface area contributed by atoms with Crippen molar-refractivity contribution in [2.45, 2.75) is 25.3 Å². The van der Waals surface area contributed by atoms with E-state index in [1.807, 2.05) is 6.20 Å². The molecule has 2 aromatic heterocycles. The molecule has 6 rings (SSSR count). The van der Waals surface area contributed by atoms with Crippen molar-refractivity contribution in [3.05, 3.63) is 101 Å². The van der Waals surface area contributed by atoms with Crippen molar-refractivity contribution in [1.82, 2.24) is 9.97 Å². The van der Waals surface area contributed by atoms with Crippen molar-refractivity contribution < 1.29 is 0 Å². The monoisotopic (exact) mass is 404 g/mol. The van der Waals surface area contributed by atoms with Crippen LogP contribution in [0.2, 0.25) is 0 Å². The van der Waals surface area contributed by atoms with Crippen molar-refractivity contribution in [3.8, 4) is 0 Å². The summed E-state index contributed by atoms with van der Waals surface area (Å²) in [5.41, 5.74) is 14.8. The molecule has 0 spiro atoms. The number of nitrogen functional groups attached to an aromatic ring is 1. The number of aryl methyl sites for hydroxylation is 1. The summed E-state index contributed by atoms with van der Waals surface area (Å²) in [7, 11) is 0. The molecule has 4 nitrogen and oxygen atoms in total. The van der Waals surface area contributed by atoms with Gasteiger partial charge in [-0.2, -0.15) is 0 Å². The molecule has 1 aliphatic carbocycles. The summed E-state index contributed by atoms with van der Waals surface area (Å²) in [4.78, 5) is 8.01. The van der Waals surface area contributed by atoms with E-state index in [0.717, 1.165) is 41.5 Å². The quantitative estimate of drug-likeness (QED) is 0.345. The molecule has 4 N–H and O–H groups in total. The van der Waals surface area contributed by atoms with Crippen LogP contribution < -0.4 is 11.1 Å². The van der Waals surface area contributed by atoms with Gasteiger partial charge >= 0.3 is 0 Å². The molecular weight excluding hydrogens is 380 g/mol. The molecule has 0 aliphatic heterocycles. The van der Waals surface area contributed by atoms with Crippen LogP contribution in [0.5, 0.6) is 0 Å². The molecule has 3 aromatic carbocycles. The van der Waals surface area contributed by atoms with Gasteiger partial charge in [0.2, 0.25) is 0 Å². The Morgan fingerprint density at radius 3 is 2.87 bits per heavy atom. The fourth-order valence-corrected chi connectivity index (χ4v) is 4.98. The zero-order valence-corrected chi connectivity index (χ0v) is 17.2. The van der Waals surface area contributed by atoms with Gasteiger partial charge in [0.05, 0.1) is 5.52 Å². The van der Waals surface area contributed by atoms with Gasteiger partial charge in [0, 0.05) is 46.2 Å². The number of fused-ring (bicyclic) bond motifs is 3. The van der Waals surface area contributed by atoms with Gasteiger partial charge in [0.25, 0.3) is 0 Å². The van der Waals surface area contributed by atoms with E-state index in [2.05, 4.69) is 83.1 Å². The van der Waals surface area contributed by atoms with Gasteiger partial charge < -0.3 is 16.0 Å². The van der Waals surface area contributed by atoms with E-state index in [0.29, 0.717) is 11.7 Å². The normalized spacial score (nSPS) is 15.4. The van der Waals surface area contributed by atoms with Crippen molar-refractivity contribution in [2.75, 3.05) is 11.1 Å². The van der Waals surface area contributed by atoms with Gasteiger partial charge in [-0.3, -0.25) is 0 Å². The lowest BCUT2D eigenvalue weighted by molar-refractivity contribution is 0.788. The fraction of sp³-hybridized carbons (Fsp3) is 0.148. The largest absolute Gasteiger partial charge is 0.383 e. The van der Waals surface area contributed by atoms with E-state index in [1.54, 1.807) is 0 Å². The van der Waals surface area contributed by atoms with Crippen molar-refractivity contribution >= 4 is 33.3 Å². The molecule has 0 saturated carbocycles. The smallest absolute Gasteiger partial charge is 0.127 e. The molecule has 0 unspecified atom stereocenters. The van der Waals surface area contributed by atoms with Crippen LogP contribution in [0.25, 0.3) is 21.8 Å². The molecule has 31 heavy (non-hydrogen) atoms. The number of aromatic nitrogens is 2. The van der Waals surface area contributed by atoms with Crippen LogP contribution in [-0.4, -0.2) is 9.97 Å². The van der Waals surface area contributed by atoms with E-state index >= 15 is 0 Å². The Morgan fingerprint density at radius 2 is 1.90 bits per heavy atom. The third-order valence-electron chi connectivity index (χ3n) is 6.55. The highest BCUT2D eigenvalue weighted by molar-refractivity contribution is 5.86. The minimum atomic E-state index is 0.330. The molecule has 5 aromatic rings. The zero-order valence-electron chi connectivity index (χ0n) is 17.2. The molecule has 1 atom stereocenters. The fourth-order valence-electron chi connectivity index (χ4n) is 4.98. The number of hydrogen-bond donors (Lipinski definition) is 3. The summed E-state index contributed by atoms with van der Waals surface area (Å²) in [6.07, 6.45) is 4.18. The van der Waals surface area contributed by atoms with Gasteiger partial charge in [-0.1, -0.05) is 36.4 Å². The van der Waals surface area contributed by atoms with Gasteiger partial charge in [-0.25, -0.2) is 4.98 Å². The lowest BCUT2D eigenvalue weighted by Gasteiger charge is -2.16. The van der Waals surface area contributed by atoms with Gasteiger partial charge in [-0.05, 0) is 65.9 Å². The molecule has 2 heterocycles. The number of nitrogens with zero attached hydrogens (tertiary/aromatic N) is 1. The van der Waals surface area contributed by atoms with Gasteiger partial charge in [-0.15, -0.1) is 0 Å². The first kappa shape index (κ1) is 18.0. The Bertz CT molecular complexity index is 1420. The molecule has 0 radical (unpaired) electrons. The highest BCUT2D eigenvalue weighted by atomic mass is 14.9. The van der Waals surface area contributed by atoms with E-state index in [9.17, 15) is 0 Å². The summed E-state index contributed by atoms with van der Waals surface area (Å²) < 4.78 is 0.